The van der Waals surface area contributed by atoms with Crippen molar-refractivity contribution < 1.29 is 4.21 Å². The fourth-order valence-electron chi connectivity index (χ4n) is 3.36. The molecule has 0 bridgehead atoms. The van der Waals surface area contributed by atoms with Crippen molar-refractivity contribution in [1.82, 2.24) is 19.7 Å². The van der Waals surface area contributed by atoms with Crippen molar-refractivity contribution in [2.45, 2.75) is 45.3 Å². The van der Waals surface area contributed by atoms with E-state index >= 15 is 0 Å². The van der Waals surface area contributed by atoms with Gasteiger partial charge in [-0.2, -0.15) is 5.10 Å². The Morgan fingerprint density at radius 1 is 1.21 bits per heavy atom. The van der Waals surface area contributed by atoms with E-state index in [2.05, 4.69) is 28.8 Å². The summed E-state index contributed by atoms with van der Waals surface area (Å²) in [6.45, 7) is 9.76. The van der Waals surface area contributed by atoms with Crippen molar-refractivity contribution in [1.29, 1.82) is 0 Å². The number of anilines is 1. The zero-order valence-corrected chi connectivity index (χ0v) is 15.6. The molecular formula is C17H25N5OS. The summed E-state index contributed by atoms with van der Waals surface area (Å²) in [5, 5.41) is 4.49. The van der Waals surface area contributed by atoms with Crippen LogP contribution in [0.15, 0.2) is 18.5 Å². The van der Waals surface area contributed by atoms with E-state index in [1.54, 1.807) is 12.4 Å². The topological polar surface area (TPSA) is 63.9 Å². The molecule has 1 aliphatic rings. The first-order chi connectivity index (χ1) is 11.5. The Balaban J connectivity index is 1.92. The van der Waals surface area contributed by atoms with Gasteiger partial charge in [-0.1, -0.05) is 13.8 Å². The largest absolute Gasteiger partial charge is 0.353 e. The zero-order chi connectivity index (χ0) is 17.3. The molecule has 0 aliphatic carbocycles. The van der Waals surface area contributed by atoms with E-state index in [4.69, 9.17) is 4.98 Å². The first-order valence-electron chi connectivity index (χ1n) is 8.48. The molecule has 6 nitrogen and oxygen atoms in total. The Morgan fingerprint density at radius 3 is 2.54 bits per heavy atom. The summed E-state index contributed by atoms with van der Waals surface area (Å²) in [6.07, 6.45) is 5.35. The fourth-order valence-corrected chi connectivity index (χ4v) is 5.12. The number of rotatable bonds is 4. The van der Waals surface area contributed by atoms with E-state index in [0.29, 0.717) is 5.75 Å². The molecule has 1 fully saturated rings. The number of hydrogen-bond acceptors (Lipinski definition) is 5. The molecule has 1 atom stereocenters. The maximum absolute atomic E-state index is 12.5. The van der Waals surface area contributed by atoms with Crippen LogP contribution in [0, 0.1) is 13.8 Å². The van der Waals surface area contributed by atoms with Crippen LogP contribution in [0.5, 0.6) is 0 Å². The number of aromatic nitrogens is 4. The lowest BCUT2D eigenvalue weighted by Crippen LogP contribution is -2.53. The zero-order valence-electron chi connectivity index (χ0n) is 14.8. The average molecular weight is 347 g/mol. The molecule has 0 radical (unpaired) electrons. The van der Waals surface area contributed by atoms with Gasteiger partial charge in [0.25, 0.3) is 0 Å². The molecule has 2 aromatic rings. The summed E-state index contributed by atoms with van der Waals surface area (Å²) in [5.41, 5.74) is 2.00. The predicted molar refractivity (Wildman–Crippen MR) is 97.2 cm³/mol. The van der Waals surface area contributed by atoms with Gasteiger partial charge >= 0.3 is 0 Å². The van der Waals surface area contributed by atoms with E-state index in [9.17, 15) is 4.21 Å². The molecule has 0 amide bonds. The molecule has 0 aromatic carbocycles. The third-order valence-corrected chi connectivity index (χ3v) is 7.18. The normalized spacial score (nSPS) is 20.3. The van der Waals surface area contributed by atoms with Crippen molar-refractivity contribution >= 4 is 16.6 Å². The van der Waals surface area contributed by atoms with Gasteiger partial charge in [-0.15, -0.1) is 0 Å². The van der Waals surface area contributed by atoms with Gasteiger partial charge in [0.2, 0.25) is 0 Å². The average Bonchev–Trinajstić information content (AvgIpc) is 2.94. The van der Waals surface area contributed by atoms with Crippen LogP contribution in [0.1, 0.15) is 38.1 Å². The Kier molecular flexibility index (Phi) is 4.71. The van der Waals surface area contributed by atoms with E-state index in [1.807, 2.05) is 24.6 Å². The molecule has 1 saturated heterocycles. The third-order valence-electron chi connectivity index (χ3n) is 4.96. The van der Waals surface area contributed by atoms with Gasteiger partial charge in [-0.05, 0) is 32.8 Å². The third kappa shape index (κ3) is 2.97. The molecule has 3 heterocycles. The molecule has 1 unspecified atom stereocenters. The van der Waals surface area contributed by atoms with E-state index in [-0.39, 0.29) is 4.75 Å². The minimum atomic E-state index is -0.780. The van der Waals surface area contributed by atoms with Gasteiger partial charge in [0.15, 0.2) is 5.82 Å². The smallest absolute Gasteiger partial charge is 0.174 e. The van der Waals surface area contributed by atoms with Crippen molar-refractivity contribution in [2.24, 2.45) is 0 Å². The van der Waals surface area contributed by atoms with Gasteiger partial charge in [0, 0.05) is 35.3 Å². The van der Waals surface area contributed by atoms with Crippen LogP contribution in [-0.2, 0) is 10.8 Å². The summed E-state index contributed by atoms with van der Waals surface area (Å²) >= 11 is 0. The summed E-state index contributed by atoms with van der Waals surface area (Å²) in [6, 6.07) is 2.03. The first-order valence-corrected chi connectivity index (χ1v) is 9.80. The predicted octanol–water partition coefficient (Wildman–Crippen LogP) is 2.41. The Labute approximate surface area is 145 Å². The van der Waals surface area contributed by atoms with E-state index in [1.165, 1.54) is 0 Å². The Morgan fingerprint density at radius 2 is 1.92 bits per heavy atom. The van der Waals surface area contributed by atoms with Crippen LogP contribution in [0.25, 0.3) is 5.82 Å². The maximum atomic E-state index is 12.5. The quantitative estimate of drug-likeness (QED) is 0.850. The van der Waals surface area contributed by atoms with E-state index in [0.717, 1.165) is 49.0 Å². The monoisotopic (exact) mass is 347 g/mol. The summed E-state index contributed by atoms with van der Waals surface area (Å²) in [7, 11) is -0.780. The highest BCUT2D eigenvalue weighted by Crippen LogP contribution is 2.30. The minimum absolute atomic E-state index is 0.145. The van der Waals surface area contributed by atoms with Crippen molar-refractivity contribution in [3.63, 3.8) is 0 Å². The molecule has 2 aromatic heterocycles. The molecule has 7 heteroatoms. The minimum Gasteiger partial charge on any atom is -0.353 e. The maximum Gasteiger partial charge on any atom is 0.174 e. The lowest BCUT2D eigenvalue weighted by Gasteiger charge is -2.41. The second kappa shape index (κ2) is 6.63. The molecular weight excluding hydrogens is 322 g/mol. The number of aryl methyl sites for hydroxylation is 2. The van der Waals surface area contributed by atoms with Crippen molar-refractivity contribution in [2.75, 3.05) is 23.7 Å². The highest BCUT2D eigenvalue weighted by Gasteiger charge is 2.39. The number of nitrogens with zero attached hydrogens (tertiary/aromatic N) is 5. The van der Waals surface area contributed by atoms with Crippen LogP contribution in [-0.4, -0.2) is 47.5 Å². The standard InChI is InChI=1S/C17H25N5OS/c1-5-17(6-2)12-21(7-8-24(17)23)15-10-18-11-16(19-15)22-14(4)9-13(3)20-22/h9-11H,5-8,12H2,1-4H3. The Hall–Kier alpha value is -1.76. The van der Waals surface area contributed by atoms with Gasteiger partial charge in [-0.25, -0.2) is 9.67 Å². The molecule has 0 saturated carbocycles. The van der Waals surface area contributed by atoms with Gasteiger partial charge in [0.05, 0.1) is 22.8 Å². The van der Waals surface area contributed by atoms with Crippen LogP contribution >= 0.6 is 0 Å². The summed E-state index contributed by atoms with van der Waals surface area (Å²) in [5.74, 6) is 2.25. The van der Waals surface area contributed by atoms with E-state index < -0.39 is 10.8 Å². The molecule has 3 rings (SSSR count). The second-order valence-electron chi connectivity index (χ2n) is 6.44. The molecule has 1 aliphatic heterocycles. The first kappa shape index (κ1) is 17.1. The SMILES string of the molecule is CCC1(CC)CN(c2cncc(-n3nc(C)cc3C)n2)CCS1=O. The second-order valence-corrected chi connectivity index (χ2v) is 8.40. The van der Waals surface area contributed by atoms with Crippen LogP contribution in [0.4, 0.5) is 5.82 Å². The molecule has 0 N–H and O–H groups in total. The number of hydrogen-bond donors (Lipinski definition) is 0. The highest BCUT2D eigenvalue weighted by atomic mass is 32.2. The molecule has 130 valence electrons. The fraction of sp³-hybridized carbons (Fsp3) is 0.588. The lowest BCUT2D eigenvalue weighted by molar-refractivity contribution is 0.494. The summed E-state index contributed by atoms with van der Waals surface area (Å²) < 4.78 is 14.2. The molecule has 0 spiro atoms. The van der Waals surface area contributed by atoms with Gasteiger partial charge in [-0.3, -0.25) is 9.19 Å². The highest BCUT2D eigenvalue weighted by molar-refractivity contribution is 7.86. The van der Waals surface area contributed by atoms with Crippen molar-refractivity contribution in [3.8, 4) is 5.82 Å². The van der Waals surface area contributed by atoms with Crippen LogP contribution in [0.3, 0.4) is 0 Å². The van der Waals surface area contributed by atoms with Crippen LogP contribution < -0.4 is 4.90 Å². The lowest BCUT2D eigenvalue weighted by atomic mass is 10.0. The Bertz CT molecular complexity index is 753. The van der Waals surface area contributed by atoms with Gasteiger partial charge < -0.3 is 4.90 Å². The van der Waals surface area contributed by atoms with Crippen molar-refractivity contribution in [3.05, 3.63) is 29.8 Å². The van der Waals surface area contributed by atoms with Crippen LogP contribution in [0.2, 0.25) is 0 Å². The van der Waals surface area contributed by atoms with Gasteiger partial charge in [0.1, 0.15) is 5.82 Å². The summed E-state index contributed by atoms with van der Waals surface area (Å²) in [4.78, 5) is 11.3. The molecule has 24 heavy (non-hydrogen) atoms.